The summed E-state index contributed by atoms with van der Waals surface area (Å²) in [6.07, 6.45) is 2.89. The summed E-state index contributed by atoms with van der Waals surface area (Å²) in [5.41, 5.74) is -0.828. The third kappa shape index (κ3) is 2.40. The van der Waals surface area contributed by atoms with Crippen LogP contribution in [0.2, 0.25) is 0 Å². The van der Waals surface area contributed by atoms with E-state index in [4.69, 9.17) is 9.84 Å². The van der Waals surface area contributed by atoms with Crippen LogP contribution in [0, 0.1) is 0 Å². The number of rotatable bonds is 3. The number of H-pyrrole nitrogens is 1. The maximum Gasteiger partial charge on any atom is 0.328 e. The molecule has 0 bridgehead atoms. The molecule has 1 aliphatic heterocycles. The first-order valence-electron chi connectivity index (χ1n) is 5.25. The number of aliphatic hydroxyl groups is 1. The van der Waals surface area contributed by atoms with Gasteiger partial charge in [-0.25, -0.2) is 4.79 Å². The lowest BCUT2D eigenvalue weighted by Crippen LogP contribution is -2.32. The molecule has 0 radical (unpaired) electrons. The second-order valence-electron chi connectivity index (χ2n) is 3.90. The molecule has 6 nitrogen and oxygen atoms in total. The van der Waals surface area contributed by atoms with E-state index in [2.05, 4.69) is 4.98 Å². The highest BCUT2D eigenvalue weighted by Gasteiger charge is 2.24. The minimum absolute atomic E-state index is 0.0109. The highest BCUT2D eigenvalue weighted by molar-refractivity contribution is 4.84. The number of aromatic amines is 1. The zero-order valence-corrected chi connectivity index (χ0v) is 8.76. The van der Waals surface area contributed by atoms with Crippen molar-refractivity contribution in [2.24, 2.45) is 0 Å². The van der Waals surface area contributed by atoms with E-state index in [1.165, 1.54) is 16.8 Å². The molecule has 0 saturated carbocycles. The molecule has 0 aromatic carbocycles. The predicted octanol–water partition coefficient (Wildman–Crippen LogP) is -0.923. The van der Waals surface area contributed by atoms with E-state index >= 15 is 0 Å². The van der Waals surface area contributed by atoms with E-state index in [9.17, 15) is 9.59 Å². The molecule has 88 valence electrons. The normalized spacial score (nSPS) is 24.8. The van der Waals surface area contributed by atoms with Gasteiger partial charge in [-0.2, -0.15) is 0 Å². The summed E-state index contributed by atoms with van der Waals surface area (Å²) in [6, 6.07) is 1.31. The molecule has 6 heteroatoms. The fraction of sp³-hybridized carbons (Fsp3) is 0.600. The molecule has 2 heterocycles. The highest BCUT2D eigenvalue weighted by Crippen LogP contribution is 2.19. The third-order valence-corrected chi connectivity index (χ3v) is 2.70. The number of nitrogens with zero attached hydrogens (tertiary/aromatic N) is 1. The summed E-state index contributed by atoms with van der Waals surface area (Å²) in [6.45, 7) is 0.420. The van der Waals surface area contributed by atoms with Crippen molar-refractivity contribution in [2.75, 3.05) is 6.61 Å². The van der Waals surface area contributed by atoms with E-state index in [-0.39, 0.29) is 18.8 Å². The molecular formula is C10H14N2O4. The molecule has 1 aromatic rings. The van der Waals surface area contributed by atoms with E-state index < -0.39 is 11.2 Å². The van der Waals surface area contributed by atoms with Crippen LogP contribution in [0.3, 0.4) is 0 Å². The summed E-state index contributed by atoms with van der Waals surface area (Å²) in [5, 5.41) is 8.90. The monoisotopic (exact) mass is 226 g/mol. The fourth-order valence-corrected chi connectivity index (χ4v) is 1.86. The quantitative estimate of drug-likeness (QED) is 0.698. The van der Waals surface area contributed by atoms with Crippen LogP contribution >= 0.6 is 0 Å². The van der Waals surface area contributed by atoms with Crippen LogP contribution < -0.4 is 11.2 Å². The smallest absolute Gasteiger partial charge is 0.328 e. The van der Waals surface area contributed by atoms with Crippen LogP contribution in [0.25, 0.3) is 0 Å². The minimum atomic E-state index is -0.427. The first-order valence-corrected chi connectivity index (χ1v) is 5.25. The summed E-state index contributed by atoms with van der Waals surface area (Å²) in [5.74, 6) is 0. The molecule has 1 saturated heterocycles. The number of hydrogen-bond acceptors (Lipinski definition) is 4. The van der Waals surface area contributed by atoms with Crippen molar-refractivity contribution in [1.29, 1.82) is 0 Å². The van der Waals surface area contributed by atoms with Gasteiger partial charge < -0.3 is 9.84 Å². The Labute approximate surface area is 91.5 Å². The van der Waals surface area contributed by atoms with Crippen LogP contribution in [0.4, 0.5) is 0 Å². The lowest BCUT2D eigenvalue weighted by Gasteiger charge is -2.12. The van der Waals surface area contributed by atoms with Gasteiger partial charge in [0, 0.05) is 12.3 Å². The Kier molecular flexibility index (Phi) is 3.21. The molecule has 0 spiro atoms. The van der Waals surface area contributed by atoms with Crippen molar-refractivity contribution in [3.63, 3.8) is 0 Å². The van der Waals surface area contributed by atoms with Gasteiger partial charge in [0.1, 0.15) is 0 Å². The second-order valence-corrected chi connectivity index (χ2v) is 3.90. The summed E-state index contributed by atoms with van der Waals surface area (Å²) >= 11 is 0. The number of ether oxygens (including phenoxy) is 1. The van der Waals surface area contributed by atoms with Gasteiger partial charge in [-0.15, -0.1) is 0 Å². The number of aromatic nitrogens is 2. The Hall–Kier alpha value is -1.40. The molecule has 2 N–H and O–H groups in total. The van der Waals surface area contributed by atoms with Crippen molar-refractivity contribution in [2.45, 2.75) is 31.6 Å². The van der Waals surface area contributed by atoms with Gasteiger partial charge in [-0.1, -0.05) is 0 Å². The Bertz CT molecular complexity index is 464. The highest BCUT2D eigenvalue weighted by atomic mass is 16.5. The standard InChI is InChI=1S/C10H14N2O4/c13-6-8-2-1-7(16-8)5-12-4-3-9(14)11-10(12)15/h3-4,7-8,13H,1-2,5-6H2,(H,11,14,15)/t7-,8+/m1/s1. The molecule has 0 aliphatic carbocycles. The summed E-state index contributed by atoms with van der Waals surface area (Å²) < 4.78 is 6.91. The molecule has 0 unspecified atom stereocenters. The van der Waals surface area contributed by atoms with Crippen molar-refractivity contribution < 1.29 is 9.84 Å². The lowest BCUT2D eigenvalue weighted by atomic mass is 10.2. The van der Waals surface area contributed by atoms with Gasteiger partial charge in [0.2, 0.25) is 0 Å². The molecule has 0 amide bonds. The molecule has 2 rings (SSSR count). The lowest BCUT2D eigenvalue weighted by molar-refractivity contribution is 0.00445. The van der Waals surface area contributed by atoms with Crippen molar-refractivity contribution in [3.05, 3.63) is 33.1 Å². The van der Waals surface area contributed by atoms with Crippen molar-refractivity contribution in [1.82, 2.24) is 9.55 Å². The summed E-state index contributed by atoms with van der Waals surface area (Å²) in [7, 11) is 0. The third-order valence-electron chi connectivity index (χ3n) is 2.70. The first-order chi connectivity index (χ1) is 7.69. The molecular weight excluding hydrogens is 212 g/mol. The number of aliphatic hydroxyl groups excluding tert-OH is 1. The molecule has 1 aliphatic rings. The molecule has 1 fully saturated rings. The first kappa shape index (κ1) is 11.1. The largest absolute Gasteiger partial charge is 0.394 e. The van der Waals surface area contributed by atoms with Crippen LogP contribution in [0.1, 0.15) is 12.8 Å². The Balaban J connectivity index is 2.05. The Morgan fingerprint density at radius 2 is 2.19 bits per heavy atom. The van der Waals surface area contributed by atoms with Crippen LogP contribution in [0.15, 0.2) is 21.9 Å². The van der Waals surface area contributed by atoms with Crippen molar-refractivity contribution in [3.8, 4) is 0 Å². The van der Waals surface area contributed by atoms with Crippen LogP contribution in [0.5, 0.6) is 0 Å². The van der Waals surface area contributed by atoms with Gasteiger partial charge >= 0.3 is 5.69 Å². The maximum absolute atomic E-state index is 11.4. The molecule has 16 heavy (non-hydrogen) atoms. The predicted molar refractivity (Wildman–Crippen MR) is 56.3 cm³/mol. The number of hydrogen-bond donors (Lipinski definition) is 2. The van der Waals surface area contributed by atoms with E-state index in [0.717, 1.165) is 12.8 Å². The second kappa shape index (κ2) is 4.63. The average Bonchev–Trinajstić information content (AvgIpc) is 2.70. The van der Waals surface area contributed by atoms with Gasteiger partial charge in [-0.05, 0) is 12.8 Å². The molecule has 2 atom stereocenters. The van der Waals surface area contributed by atoms with Crippen LogP contribution in [-0.2, 0) is 11.3 Å². The average molecular weight is 226 g/mol. The van der Waals surface area contributed by atoms with Gasteiger partial charge in [0.25, 0.3) is 5.56 Å². The Morgan fingerprint density at radius 1 is 1.44 bits per heavy atom. The zero-order chi connectivity index (χ0) is 11.5. The van der Waals surface area contributed by atoms with E-state index in [1.54, 1.807) is 0 Å². The van der Waals surface area contributed by atoms with E-state index in [0.29, 0.717) is 6.54 Å². The zero-order valence-electron chi connectivity index (χ0n) is 8.76. The fourth-order valence-electron chi connectivity index (χ4n) is 1.86. The number of nitrogens with one attached hydrogen (secondary N) is 1. The summed E-state index contributed by atoms with van der Waals surface area (Å²) in [4.78, 5) is 24.4. The van der Waals surface area contributed by atoms with Gasteiger partial charge in [0.15, 0.2) is 0 Å². The van der Waals surface area contributed by atoms with Gasteiger partial charge in [-0.3, -0.25) is 14.3 Å². The van der Waals surface area contributed by atoms with Crippen molar-refractivity contribution >= 4 is 0 Å². The van der Waals surface area contributed by atoms with E-state index in [1.807, 2.05) is 0 Å². The van der Waals surface area contributed by atoms with Gasteiger partial charge in [0.05, 0.1) is 25.4 Å². The minimum Gasteiger partial charge on any atom is -0.394 e. The SMILES string of the molecule is O=c1ccn(C[C@H]2CC[C@@H](CO)O2)c(=O)[nH]1. The topological polar surface area (TPSA) is 84.3 Å². The maximum atomic E-state index is 11.4. The van der Waals surface area contributed by atoms with Crippen LogP contribution in [-0.4, -0.2) is 33.5 Å². The Morgan fingerprint density at radius 3 is 2.81 bits per heavy atom. The molecule has 1 aromatic heterocycles.